The van der Waals surface area contributed by atoms with Crippen molar-refractivity contribution in [3.8, 4) is 0 Å². The molecule has 1 aromatic heterocycles. The molecule has 0 bridgehead atoms. The fourth-order valence-electron chi connectivity index (χ4n) is 1.85. The van der Waals surface area contributed by atoms with E-state index < -0.39 is 0 Å². The van der Waals surface area contributed by atoms with Crippen molar-refractivity contribution in [3.05, 3.63) is 18.2 Å². The van der Waals surface area contributed by atoms with Gasteiger partial charge in [0.15, 0.2) is 0 Å². The number of aryl methyl sites for hydroxylation is 3. The fourth-order valence-corrected chi connectivity index (χ4v) is 1.85. The lowest BCUT2D eigenvalue weighted by atomic mass is 10.2. The van der Waals surface area contributed by atoms with Crippen molar-refractivity contribution < 1.29 is 31.1 Å². The Morgan fingerprint density at radius 3 is 2.78 bits per heavy atom. The highest BCUT2D eigenvalue weighted by Gasteiger charge is 2.11. The van der Waals surface area contributed by atoms with Crippen LogP contribution in [0, 0.1) is 0 Å². The molecule has 0 radical (unpaired) electrons. The SMILES string of the molecule is CCCCC[n+]1cc(CCC(=O)OC)n(C)c1.[Br-]. The first-order chi connectivity index (χ1) is 8.17. The van der Waals surface area contributed by atoms with Gasteiger partial charge in [-0.2, -0.15) is 0 Å². The first-order valence-electron chi connectivity index (χ1n) is 6.28. The maximum Gasteiger partial charge on any atom is 0.305 e. The summed E-state index contributed by atoms with van der Waals surface area (Å²) in [5.41, 5.74) is 1.17. The second-order valence-corrected chi connectivity index (χ2v) is 4.37. The number of carbonyl (C=O) groups excluding carboxylic acids is 1. The minimum absolute atomic E-state index is 0. The molecule has 1 rings (SSSR count). The monoisotopic (exact) mass is 318 g/mol. The van der Waals surface area contributed by atoms with Crippen LogP contribution in [0.3, 0.4) is 0 Å². The average Bonchev–Trinajstić information content (AvgIpc) is 2.67. The molecule has 0 fully saturated rings. The van der Waals surface area contributed by atoms with Crippen molar-refractivity contribution in [1.82, 2.24) is 4.57 Å². The van der Waals surface area contributed by atoms with E-state index in [4.69, 9.17) is 0 Å². The number of imidazole rings is 1. The van der Waals surface area contributed by atoms with Crippen LogP contribution in [-0.4, -0.2) is 17.6 Å². The van der Waals surface area contributed by atoms with Gasteiger partial charge in [-0.25, -0.2) is 9.13 Å². The van der Waals surface area contributed by atoms with Crippen LogP contribution >= 0.6 is 0 Å². The summed E-state index contributed by atoms with van der Waals surface area (Å²) in [5, 5.41) is 0. The van der Waals surface area contributed by atoms with Gasteiger partial charge in [0.1, 0.15) is 11.9 Å². The van der Waals surface area contributed by atoms with Gasteiger partial charge in [-0.3, -0.25) is 4.79 Å². The highest BCUT2D eigenvalue weighted by molar-refractivity contribution is 5.69. The number of rotatable bonds is 7. The molecule has 0 unspecified atom stereocenters. The molecule has 0 aromatic carbocycles. The number of methoxy groups -OCH3 is 1. The highest BCUT2D eigenvalue weighted by Crippen LogP contribution is 2.02. The molecule has 0 atom stereocenters. The molecule has 5 heteroatoms. The molecule has 1 heterocycles. The Bertz CT molecular complexity index is 364. The highest BCUT2D eigenvalue weighted by atomic mass is 79.9. The van der Waals surface area contributed by atoms with Crippen LogP contribution in [0.2, 0.25) is 0 Å². The molecule has 104 valence electrons. The van der Waals surface area contributed by atoms with Crippen LogP contribution in [0.25, 0.3) is 0 Å². The molecular formula is C13H23BrN2O2. The van der Waals surface area contributed by atoms with Crippen LogP contribution < -0.4 is 21.5 Å². The van der Waals surface area contributed by atoms with Gasteiger partial charge in [-0.15, -0.1) is 0 Å². The van der Waals surface area contributed by atoms with Gasteiger partial charge >= 0.3 is 5.97 Å². The number of halogens is 1. The first-order valence-corrected chi connectivity index (χ1v) is 6.28. The Morgan fingerprint density at radius 1 is 1.44 bits per heavy atom. The third kappa shape index (κ3) is 5.67. The summed E-state index contributed by atoms with van der Waals surface area (Å²) >= 11 is 0. The predicted octanol–water partition coefficient (Wildman–Crippen LogP) is -1.39. The van der Waals surface area contributed by atoms with Crippen molar-refractivity contribution in [2.75, 3.05) is 7.11 Å². The number of unbranched alkanes of at least 4 members (excludes halogenated alkanes) is 2. The Labute approximate surface area is 120 Å². The minimum atomic E-state index is -0.149. The van der Waals surface area contributed by atoms with E-state index in [0.29, 0.717) is 6.42 Å². The van der Waals surface area contributed by atoms with Crippen LogP contribution in [0.4, 0.5) is 0 Å². The van der Waals surface area contributed by atoms with Gasteiger partial charge < -0.3 is 21.7 Å². The third-order valence-corrected chi connectivity index (χ3v) is 2.92. The third-order valence-electron chi connectivity index (χ3n) is 2.92. The second kappa shape index (κ2) is 9.14. The van der Waals surface area contributed by atoms with Crippen molar-refractivity contribution in [1.29, 1.82) is 0 Å². The van der Waals surface area contributed by atoms with Gasteiger partial charge in [0.2, 0.25) is 6.33 Å². The van der Waals surface area contributed by atoms with Crippen LogP contribution in [0.15, 0.2) is 12.5 Å². The fraction of sp³-hybridized carbons (Fsp3) is 0.692. The molecule has 0 spiro atoms. The van der Waals surface area contributed by atoms with E-state index in [2.05, 4.69) is 33.3 Å². The number of hydrogen-bond donors (Lipinski definition) is 0. The van der Waals surface area contributed by atoms with Gasteiger partial charge in [0.25, 0.3) is 0 Å². The molecule has 4 nitrogen and oxygen atoms in total. The van der Waals surface area contributed by atoms with E-state index in [0.717, 1.165) is 13.0 Å². The van der Waals surface area contributed by atoms with E-state index in [1.807, 2.05) is 7.05 Å². The predicted molar refractivity (Wildman–Crippen MR) is 65.5 cm³/mol. The number of carbonyl (C=O) groups is 1. The molecule has 0 saturated carbocycles. The molecule has 0 N–H and O–H groups in total. The van der Waals surface area contributed by atoms with Gasteiger partial charge in [-0.1, -0.05) is 13.3 Å². The summed E-state index contributed by atoms with van der Waals surface area (Å²) in [6.07, 6.45) is 9.11. The Hall–Kier alpha value is -0.840. The largest absolute Gasteiger partial charge is 1.00 e. The Kier molecular flexibility index (Phi) is 8.71. The maximum atomic E-state index is 11.1. The lowest BCUT2D eigenvalue weighted by Crippen LogP contribution is -3.00. The van der Waals surface area contributed by atoms with Crippen LogP contribution in [0.1, 0.15) is 38.3 Å². The normalized spacial score (nSPS) is 9.94. The van der Waals surface area contributed by atoms with Gasteiger partial charge in [-0.05, 0) is 12.8 Å². The standard InChI is InChI=1S/C13H23N2O2.BrH/c1-4-5-6-9-15-10-12(14(2)11-15)7-8-13(16)17-3;/h10-11H,4-9H2,1-3H3;1H/q+1;/p-1. The number of ether oxygens (including phenoxy) is 1. The van der Waals surface area contributed by atoms with Crippen molar-refractivity contribution in [2.45, 2.75) is 45.6 Å². The summed E-state index contributed by atoms with van der Waals surface area (Å²) in [5.74, 6) is -0.149. The lowest BCUT2D eigenvalue weighted by Gasteiger charge is -1.96. The van der Waals surface area contributed by atoms with E-state index >= 15 is 0 Å². The summed E-state index contributed by atoms with van der Waals surface area (Å²) in [6.45, 7) is 3.26. The van der Waals surface area contributed by atoms with Crippen molar-refractivity contribution in [3.63, 3.8) is 0 Å². The number of esters is 1. The minimum Gasteiger partial charge on any atom is -1.00 e. The summed E-state index contributed by atoms with van der Waals surface area (Å²) < 4.78 is 8.92. The Morgan fingerprint density at radius 2 is 2.17 bits per heavy atom. The zero-order valence-electron chi connectivity index (χ0n) is 11.5. The molecule has 0 aliphatic carbocycles. The van der Waals surface area contributed by atoms with E-state index in [9.17, 15) is 4.79 Å². The van der Waals surface area contributed by atoms with Crippen LogP contribution in [0.5, 0.6) is 0 Å². The number of hydrogen-bond acceptors (Lipinski definition) is 2. The molecule has 0 amide bonds. The zero-order valence-corrected chi connectivity index (χ0v) is 13.1. The second-order valence-electron chi connectivity index (χ2n) is 4.37. The summed E-state index contributed by atoms with van der Waals surface area (Å²) in [4.78, 5) is 11.1. The molecule has 1 aromatic rings. The quantitative estimate of drug-likeness (QED) is 0.353. The topological polar surface area (TPSA) is 35.1 Å². The molecule has 0 aliphatic rings. The summed E-state index contributed by atoms with van der Waals surface area (Å²) in [7, 11) is 3.45. The van der Waals surface area contributed by atoms with E-state index in [-0.39, 0.29) is 23.0 Å². The van der Waals surface area contributed by atoms with Crippen LogP contribution in [-0.2, 0) is 29.5 Å². The zero-order chi connectivity index (χ0) is 12.7. The van der Waals surface area contributed by atoms with E-state index in [1.165, 1.54) is 32.1 Å². The molecular weight excluding hydrogens is 296 g/mol. The van der Waals surface area contributed by atoms with Crippen molar-refractivity contribution >= 4 is 5.97 Å². The maximum absolute atomic E-state index is 11.1. The van der Waals surface area contributed by atoms with Gasteiger partial charge in [0, 0.05) is 6.42 Å². The van der Waals surface area contributed by atoms with Gasteiger partial charge in [0.05, 0.1) is 27.1 Å². The molecule has 0 saturated heterocycles. The van der Waals surface area contributed by atoms with E-state index in [1.54, 1.807) is 0 Å². The average molecular weight is 319 g/mol. The summed E-state index contributed by atoms with van der Waals surface area (Å²) in [6, 6.07) is 0. The smallest absolute Gasteiger partial charge is 0.305 e. The van der Waals surface area contributed by atoms with Crippen molar-refractivity contribution in [2.24, 2.45) is 7.05 Å². The molecule has 0 aliphatic heterocycles. The number of aromatic nitrogens is 2. The lowest BCUT2D eigenvalue weighted by molar-refractivity contribution is -0.697. The molecule has 18 heavy (non-hydrogen) atoms. The number of nitrogens with zero attached hydrogens (tertiary/aromatic N) is 2. The first kappa shape index (κ1) is 17.2. The Balaban J connectivity index is 0.00000289.